The van der Waals surface area contributed by atoms with Crippen LogP contribution < -0.4 is 15.0 Å². The fourth-order valence-electron chi connectivity index (χ4n) is 3.96. The summed E-state index contributed by atoms with van der Waals surface area (Å²) in [5.41, 5.74) is 3.26. The summed E-state index contributed by atoms with van der Waals surface area (Å²) in [5, 5.41) is 4.87. The molecular weight excluding hydrogens is 364 g/mol. The van der Waals surface area contributed by atoms with Crippen LogP contribution in [0.3, 0.4) is 0 Å². The molecule has 1 aliphatic rings. The van der Waals surface area contributed by atoms with Gasteiger partial charge < -0.3 is 15.0 Å². The van der Waals surface area contributed by atoms with Crippen molar-refractivity contribution in [3.05, 3.63) is 65.7 Å². The maximum atomic E-state index is 13.2. The van der Waals surface area contributed by atoms with Crippen LogP contribution in [0.25, 0.3) is 10.8 Å². The molecule has 1 aliphatic heterocycles. The number of amides is 2. The van der Waals surface area contributed by atoms with Crippen molar-refractivity contribution < 1.29 is 14.3 Å². The summed E-state index contributed by atoms with van der Waals surface area (Å²) in [7, 11) is 0. The summed E-state index contributed by atoms with van der Waals surface area (Å²) in [5.74, 6) is 0.411. The molecule has 0 radical (unpaired) electrons. The Balaban J connectivity index is 1.68. The molecule has 0 aliphatic carbocycles. The molecule has 0 unspecified atom stereocenters. The molecule has 4 rings (SSSR count). The zero-order chi connectivity index (χ0) is 20.4. The SMILES string of the molecule is CCOc1ccc2ccccc2c1C(=O)Nc1ccc2c(c1)CCCN2C(C)=O. The largest absolute Gasteiger partial charge is 0.493 e. The van der Waals surface area contributed by atoms with E-state index in [0.717, 1.165) is 47.1 Å². The molecule has 3 aromatic rings. The molecule has 2 amide bonds. The fourth-order valence-corrected chi connectivity index (χ4v) is 3.96. The molecule has 5 nitrogen and oxygen atoms in total. The van der Waals surface area contributed by atoms with Gasteiger partial charge in [0, 0.05) is 24.8 Å². The van der Waals surface area contributed by atoms with E-state index in [2.05, 4.69) is 5.32 Å². The number of aryl methyl sites for hydroxylation is 1. The van der Waals surface area contributed by atoms with Crippen LogP contribution in [0.1, 0.15) is 36.2 Å². The Labute approximate surface area is 170 Å². The number of ether oxygens (including phenoxy) is 1. The van der Waals surface area contributed by atoms with Crippen LogP contribution in [0, 0.1) is 0 Å². The number of hydrogen-bond donors (Lipinski definition) is 1. The predicted molar refractivity (Wildman–Crippen MR) is 116 cm³/mol. The van der Waals surface area contributed by atoms with Crippen molar-refractivity contribution in [1.29, 1.82) is 0 Å². The summed E-state index contributed by atoms with van der Waals surface area (Å²) in [6.07, 6.45) is 1.81. The molecule has 0 fully saturated rings. The van der Waals surface area contributed by atoms with Crippen molar-refractivity contribution in [2.45, 2.75) is 26.7 Å². The smallest absolute Gasteiger partial charge is 0.260 e. The number of nitrogens with zero attached hydrogens (tertiary/aromatic N) is 1. The van der Waals surface area contributed by atoms with Gasteiger partial charge in [-0.15, -0.1) is 0 Å². The molecule has 0 aromatic heterocycles. The number of nitrogens with one attached hydrogen (secondary N) is 1. The van der Waals surface area contributed by atoms with Crippen molar-refractivity contribution in [3.63, 3.8) is 0 Å². The number of anilines is 2. The van der Waals surface area contributed by atoms with Gasteiger partial charge in [-0.3, -0.25) is 9.59 Å². The molecule has 0 saturated carbocycles. The summed E-state index contributed by atoms with van der Waals surface area (Å²) in [4.78, 5) is 26.9. The predicted octanol–water partition coefficient (Wildman–Crippen LogP) is 4.79. The molecule has 3 aromatic carbocycles. The first-order valence-electron chi connectivity index (χ1n) is 9.95. The number of rotatable bonds is 4. The van der Waals surface area contributed by atoms with Crippen molar-refractivity contribution in [2.75, 3.05) is 23.4 Å². The normalized spacial score (nSPS) is 13.1. The van der Waals surface area contributed by atoms with Crippen molar-refractivity contribution >= 4 is 34.0 Å². The number of hydrogen-bond acceptors (Lipinski definition) is 3. The third-order valence-corrected chi connectivity index (χ3v) is 5.25. The minimum atomic E-state index is -0.204. The molecule has 0 spiro atoms. The molecule has 1 N–H and O–H groups in total. The lowest BCUT2D eigenvalue weighted by atomic mass is 10.00. The van der Waals surface area contributed by atoms with Crippen LogP contribution in [0.2, 0.25) is 0 Å². The van der Waals surface area contributed by atoms with E-state index in [4.69, 9.17) is 4.74 Å². The molecule has 29 heavy (non-hydrogen) atoms. The lowest BCUT2D eigenvalue weighted by Crippen LogP contribution is -2.33. The van der Waals surface area contributed by atoms with Gasteiger partial charge in [-0.05, 0) is 60.4 Å². The van der Waals surface area contributed by atoms with Gasteiger partial charge in [-0.25, -0.2) is 0 Å². The molecule has 1 heterocycles. The zero-order valence-corrected chi connectivity index (χ0v) is 16.7. The Morgan fingerprint density at radius 2 is 1.93 bits per heavy atom. The van der Waals surface area contributed by atoms with E-state index in [1.807, 2.05) is 61.5 Å². The highest BCUT2D eigenvalue weighted by Crippen LogP contribution is 2.32. The minimum absolute atomic E-state index is 0.0415. The van der Waals surface area contributed by atoms with Gasteiger partial charge in [0.2, 0.25) is 5.91 Å². The summed E-state index contributed by atoms with van der Waals surface area (Å²) < 4.78 is 5.73. The number of carbonyl (C=O) groups is 2. The van der Waals surface area contributed by atoms with Crippen molar-refractivity contribution in [1.82, 2.24) is 0 Å². The molecule has 148 valence electrons. The van der Waals surface area contributed by atoms with Gasteiger partial charge in [0.15, 0.2) is 0 Å². The average Bonchev–Trinajstić information content (AvgIpc) is 2.73. The van der Waals surface area contributed by atoms with Gasteiger partial charge in [-0.2, -0.15) is 0 Å². The summed E-state index contributed by atoms with van der Waals surface area (Å²) in [6.45, 7) is 4.71. The number of fused-ring (bicyclic) bond motifs is 2. The standard InChI is InChI=1S/C24H24N2O3/c1-3-29-22-13-10-17-7-4-5-9-20(17)23(22)24(28)25-19-11-12-21-18(15-19)8-6-14-26(21)16(2)27/h4-5,7,9-13,15H,3,6,8,14H2,1-2H3,(H,25,28). The van der Waals surface area contributed by atoms with E-state index in [0.29, 0.717) is 17.9 Å². The van der Waals surface area contributed by atoms with E-state index in [1.54, 1.807) is 11.8 Å². The van der Waals surface area contributed by atoms with Gasteiger partial charge in [0.1, 0.15) is 5.75 Å². The first-order chi connectivity index (χ1) is 14.1. The van der Waals surface area contributed by atoms with Crippen LogP contribution in [-0.2, 0) is 11.2 Å². The Bertz CT molecular complexity index is 1090. The summed E-state index contributed by atoms with van der Waals surface area (Å²) >= 11 is 0. The average molecular weight is 388 g/mol. The van der Waals surface area contributed by atoms with Crippen molar-refractivity contribution in [3.8, 4) is 5.75 Å². The van der Waals surface area contributed by atoms with Crippen LogP contribution in [-0.4, -0.2) is 25.0 Å². The van der Waals surface area contributed by atoms with Crippen LogP contribution in [0.15, 0.2) is 54.6 Å². The van der Waals surface area contributed by atoms with Crippen LogP contribution >= 0.6 is 0 Å². The maximum Gasteiger partial charge on any atom is 0.260 e. The lowest BCUT2D eigenvalue weighted by Gasteiger charge is -2.29. The molecule has 0 bridgehead atoms. The van der Waals surface area contributed by atoms with E-state index >= 15 is 0 Å². The maximum absolute atomic E-state index is 13.2. The topological polar surface area (TPSA) is 58.6 Å². The third-order valence-electron chi connectivity index (χ3n) is 5.25. The molecule has 0 saturated heterocycles. The first kappa shape index (κ1) is 19.0. The zero-order valence-electron chi connectivity index (χ0n) is 16.7. The highest BCUT2D eigenvalue weighted by Gasteiger charge is 2.21. The van der Waals surface area contributed by atoms with Gasteiger partial charge in [-0.1, -0.05) is 30.3 Å². The van der Waals surface area contributed by atoms with Gasteiger partial charge in [0.05, 0.1) is 12.2 Å². The second-order valence-electron chi connectivity index (χ2n) is 7.16. The second-order valence-corrected chi connectivity index (χ2v) is 7.16. The van der Waals surface area contributed by atoms with Crippen LogP contribution in [0.5, 0.6) is 5.75 Å². The summed E-state index contributed by atoms with van der Waals surface area (Å²) in [6, 6.07) is 17.3. The van der Waals surface area contributed by atoms with Crippen LogP contribution in [0.4, 0.5) is 11.4 Å². The van der Waals surface area contributed by atoms with E-state index in [1.165, 1.54) is 0 Å². The van der Waals surface area contributed by atoms with E-state index in [9.17, 15) is 9.59 Å². The highest BCUT2D eigenvalue weighted by atomic mass is 16.5. The highest BCUT2D eigenvalue weighted by molar-refractivity contribution is 6.15. The fraction of sp³-hybridized carbons (Fsp3) is 0.250. The van der Waals surface area contributed by atoms with Gasteiger partial charge in [0.25, 0.3) is 5.91 Å². The second kappa shape index (κ2) is 7.95. The van der Waals surface area contributed by atoms with E-state index < -0.39 is 0 Å². The Kier molecular flexibility index (Phi) is 5.21. The minimum Gasteiger partial charge on any atom is -0.493 e. The molecule has 5 heteroatoms. The monoisotopic (exact) mass is 388 g/mol. The quantitative estimate of drug-likeness (QED) is 0.699. The number of carbonyl (C=O) groups excluding carboxylic acids is 2. The Morgan fingerprint density at radius 1 is 1.10 bits per heavy atom. The lowest BCUT2D eigenvalue weighted by molar-refractivity contribution is -0.116. The molecule has 0 atom stereocenters. The Morgan fingerprint density at radius 3 is 2.72 bits per heavy atom. The Hall–Kier alpha value is -3.34. The van der Waals surface area contributed by atoms with Crippen molar-refractivity contribution in [2.24, 2.45) is 0 Å². The number of benzene rings is 3. The molecular formula is C24H24N2O3. The van der Waals surface area contributed by atoms with E-state index in [-0.39, 0.29) is 11.8 Å². The van der Waals surface area contributed by atoms with Gasteiger partial charge >= 0.3 is 0 Å². The first-order valence-corrected chi connectivity index (χ1v) is 9.95. The third kappa shape index (κ3) is 3.68.